The first-order chi connectivity index (χ1) is 8.32. The number of nitrogens with zero attached hydrogens (tertiary/aromatic N) is 4. The lowest BCUT2D eigenvalue weighted by atomic mass is 10.5. The van der Waals surface area contributed by atoms with Gasteiger partial charge < -0.3 is 25.0 Å². The molecule has 98 valence electrons. The minimum atomic E-state index is -0.984. The van der Waals surface area contributed by atoms with Crippen LogP contribution in [0.4, 0.5) is 11.6 Å². The molecular formula is C8H10N4O6. The molecule has 1 rings (SSSR count). The van der Waals surface area contributed by atoms with Crippen molar-refractivity contribution < 1.29 is 19.4 Å². The van der Waals surface area contributed by atoms with E-state index in [-0.39, 0.29) is 6.10 Å². The molecule has 0 spiro atoms. The summed E-state index contributed by atoms with van der Waals surface area (Å²) in [6.07, 6.45) is 0.479. The Morgan fingerprint density at radius 1 is 1.44 bits per heavy atom. The number of nitro groups is 2. The highest BCUT2D eigenvalue weighted by Gasteiger charge is 2.33. The van der Waals surface area contributed by atoms with Gasteiger partial charge in [-0.1, -0.05) is 0 Å². The van der Waals surface area contributed by atoms with Gasteiger partial charge in [-0.05, 0) is 23.7 Å². The Hall–Kier alpha value is -2.52. The topological polar surface area (TPSA) is 130 Å². The summed E-state index contributed by atoms with van der Waals surface area (Å²) >= 11 is 0. The largest absolute Gasteiger partial charge is 0.462 e. The van der Waals surface area contributed by atoms with Gasteiger partial charge in [0.25, 0.3) is 6.33 Å². The Kier molecular flexibility index (Phi) is 3.92. The third kappa shape index (κ3) is 2.99. The second-order valence-electron chi connectivity index (χ2n) is 3.57. The van der Waals surface area contributed by atoms with Gasteiger partial charge >= 0.3 is 17.6 Å². The molecular weight excluding hydrogens is 248 g/mol. The molecule has 0 unspecified atom stereocenters. The Bertz CT molecular complexity index is 494. The average Bonchev–Trinajstić information content (AvgIpc) is 2.59. The van der Waals surface area contributed by atoms with Gasteiger partial charge in [-0.15, -0.1) is 0 Å². The lowest BCUT2D eigenvalue weighted by Gasteiger charge is -2.05. The molecule has 0 saturated carbocycles. The van der Waals surface area contributed by atoms with Crippen molar-refractivity contribution in [1.82, 2.24) is 9.55 Å². The number of hydrogen-bond acceptors (Lipinski definition) is 7. The molecule has 0 aliphatic rings. The highest BCUT2D eigenvalue weighted by Crippen LogP contribution is 2.24. The quantitative estimate of drug-likeness (QED) is 0.430. The van der Waals surface area contributed by atoms with Crippen molar-refractivity contribution in [2.75, 3.05) is 0 Å². The third-order valence-corrected chi connectivity index (χ3v) is 1.80. The van der Waals surface area contributed by atoms with Crippen LogP contribution in [0.15, 0.2) is 6.33 Å². The maximum Gasteiger partial charge on any atom is 0.462 e. The summed E-state index contributed by atoms with van der Waals surface area (Å²) in [7, 11) is 0. The summed E-state index contributed by atoms with van der Waals surface area (Å²) in [5.41, 5.74) is 0. The van der Waals surface area contributed by atoms with E-state index >= 15 is 0 Å². The van der Waals surface area contributed by atoms with Crippen LogP contribution in [-0.2, 0) is 16.1 Å². The minimum Gasteiger partial charge on any atom is -0.460 e. The normalized spacial score (nSPS) is 10.4. The van der Waals surface area contributed by atoms with Gasteiger partial charge in [0.1, 0.15) is 0 Å². The van der Waals surface area contributed by atoms with E-state index < -0.39 is 34.0 Å². The van der Waals surface area contributed by atoms with Crippen molar-refractivity contribution in [2.24, 2.45) is 0 Å². The van der Waals surface area contributed by atoms with Gasteiger partial charge in [0.2, 0.25) is 0 Å². The van der Waals surface area contributed by atoms with E-state index in [4.69, 9.17) is 4.74 Å². The summed E-state index contributed by atoms with van der Waals surface area (Å²) in [6, 6.07) is 0. The second-order valence-corrected chi connectivity index (χ2v) is 3.57. The van der Waals surface area contributed by atoms with E-state index in [2.05, 4.69) is 4.98 Å². The lowest BCUT2D eigenvalue weighted by Crippen LogP contribution is -2.18. The zero-order valence-corrected chi connectivity index (χ0v) is 9.60. The number of esters is 1. The first-order valence-electron chi connectivity index (χ1n) is 4.86. The Morgan fingerprint density at radius 2 is 2.06 bits per heavy atom. The molecule has 10 nitrogen and oxygen atoms in total. The molecule has 18 heavy (non-hydrogen) atoms. The lowest BCUT2D eigenvalue weighted by molar-refractivity contribution is -0.428. The summed E-state index contributed by atoms with van der Waals surface area (Å²) in [4.78, 5) is 33.9. The van der Waals surface area contributed by atoms with Crippen LogP contribution in [0, 0.1) is 20.2 Å². The molecule has 0 amide bonds. The zero-order valence-electron chi connectivity index (χ0n) is 9.60. The predicted molar refractivity (Wildman–Crippen MR) is 56.8 cm³/mol. The van der Waals surface area contributed by atoms with Gasteiger partial charge in [0.05, 0.1) is 6.10 Å². The van der Waals surface area contributed by atoms with Crippen molar-refractivity contribution in [3.63, 3.8) is 0 Å². The fraction of sp³-hybridized carbons (Fsp3) is 0.500. The third-order valence-electron chi connectivity index (χ3n) is 1.80. The summed E-state index contributed by atoms with van der Waals surface area (Å²) in [6.45, 7) is 2.72. The number of imidazole rings is 1. The standard InChI is InChI=1S/C8H10N4O6/c1-5(2)18-6(13)3-10-4-9-7(11(14)15)8(10)12(16)17/h4-5H,3H2,1-2H3. The Labute approximate surface area is 100 Å². The van der Waals surface area contributed by atoms with Gasteiger partial charge in [0, 0.05) is 4.98 Å². The predicted octanol–water partition coefficient (Wildman–Crippen LogP) is 0.651. The van der Waals surface area contributed by atoms with Crippen molar-refractivity contribution in [1.29, 1.82) is 0 Å². The van der Waals surface area contributed by atoms with Crippen LogP contribution in [0.5, 0.6) is 0 Å². The van der Waals surface area contributed by atoms with Crippen LogP contribution in [0.3, 0.4) is 0 Å². The van der Waals surface area contributed by atoms with Crippen molar-refractivity contribution >= 4 is 17.6 Å². The van der Waals surface area contributed by atoms with Crippen molar-refractivity contribution in [2.45, 2.75) is 26.5 Å². The highest BCUT2D eigenvalue weighted by atomic mass is 16.6. The minimum absolute atomic E-state index is 0.380. The van der Waals surface area contributed by atoms with Crippen molar-refractivity contribution in [3.05, 3.63) is 26.6 Å². The van der Waals surface area contributed by atoms with Gasteiger partial charge in [-0.25, -0.2) is 4.79 Å². The maximum atomic E-state index is 11.3. The van der Waals surface area contributed by atoms with E-state index in [0.717, 1.165) is 10.9 Å². The molecule has 0 aliphatic carbocycles. The second kappa shape index (κ2) is 5.21. The monoisotopic (exact) mass is 258 g/mol. The first-order valence-corrected chi connectivity index (χ1v) is 4.86. The number of aromatic nitrogens is 2. The maximum absolute atomic E-state index is 11.3. The smallest absolute Gasteiger partial charge is 0.460 e. The molecule has 0 radical (unpaired) electrons. The van der Waals surface area contributed by atoms with E-state index in [1.54, 1.807) is 13.8 Å². The molecule has 1 aromatic heterocycles. The van der Waals surface area contributed by atoms with Crippen molar-refractivity contribution in [3.8, 4) is 0 Å². The SMILES string of the molecule is CC(C)OC(=O)Cn1cnc([N+](=O)[O-])c1[N+](=O)[O-]. The molecule has 0 aromatic carbocycles. The van der Waals surface area contributed by atoms with Crippen LogP contribution < -0.4 is 0 Å². The van der Waals surface area contributed by atoms with Gasteiger partial charge in [0.15, 0.2) is 6.54 Å². The zero-order chi connectivity index (χ0) is 13.9. The van der Waals surface area contributed by atoms with Crippen LogP contribution in [-0.4, -0.2) is 31.5 Å². The summed E-state index contributed by atoms with van der Waals surface area (Å²) < 4.78 is 5.55. The fourth-order valence-electron chi connectivity index (χ4n) is 1.24. The highest BCUT2D eigenvalue weighted by molar-refractivity contribution is 5.70. The van der Waals surface area contributed by atoms with E-state index in [1.807, 2.05) is 0 Å². The first kappa shape index (κ1) is 13.5. The Balaban J connectivity index is 3.00. The summed E-state index contributed by atoms with van der Waals surface area (Å²) in [5, 5.41) is 21.2. The fourth-order valence-corrected chi connectivity index (χ4v) is 1.24. The Morgan fingerprint density at radius 3 is 2.50 bits per heavy atom. The van der Waals surface area contributed by atoms with Crippen LogP contribution >= 0.6 is 0 Å². The molecule has 10 heteroatoms. The average molecular weight is 258 g/mol. The van der Waals surface area contributed by atoms with Crippen LogP contribution in [0.25, 0.3) is 0 Å². The van der Waals surface area contributed by atoms with Crippen LogP contribution in [0.2, 0.25) is 0 Å². The number of rotatable bonds is 5. The number of carbonyl (C=O) groups excluding carboxylic acids is 1. The molecule has 1 heterocycles. The molecule has 0 bridgehead atoms. The molecule has 0 atom stereocenters. The van der Waals surface area contributed by atoms with E-state index in [9.17, 15) is 25.0 Å². The van der Waals surface area contributed by atoms with Gasteiger partial charge in [-0.2, -0.15) is 4.57 Å². The molecule has 0 N–H and O–H groups in total. The van der Waals surface area contributed by atoms with E-state index in [0.29, 0.717) is 0 Å². The number of ether oxygens (including phenoxy) is 1. The molecule has 0 fully saturated rings. The van der Waals surface area contributed by atoms with Crippen LogP contribution in [0.1, 0.15) is 13.8 Å². The summed E-state index contributed by atoms with van der Waals surface area (Å²) in [5.74, 6) is -2.49. The van der Waals surface area contributed by atoms with Gasteiger partial charge in [-0.3, -0.25) is 0 Å². The number of carbonyl (C=O) groups is 1. The molecule has 0 aliphatic heterocycles. The van der Waals surface area contributed by atoms with E-state index in [1.165, 1.54) is 0 Å². The molecule has 1 aromatic rings. The molecule has 0 saturated heterocycles. The number of hydrogen-bond donors (Lipinski definition) is 0.